The molecule has 1 aliphatic rings. The standard InChI is InChI=1S/C21H27N3O4/c1-16-12-20(27-2)21(28-3)13-18(16)15-23-10-8-22(9-11-23)14-17-4-6-19(7-5-17)24(25)26/h4-7,12-13H,8-11,14-15H2,1-3H3/p+2. The number of aryl methyl sites for hydroxylation is 1. The van der Waals surface area contributed by atoms with Gasteiger partial charge >= 0.3 is 0 Å². The molecule has 2 aromatic carbocycles. The lowest BCUT2D eigenvalue weighted by molar-refractivity contribution is -1.02. The molecule has 0 amide bonds. The third-order valence-electron chi connectivity index (χ3n) is 5.55. The molecule has 0 atom stereocenters. The Morgan fingerprint density at radius 1 is 0.929 bits per heavy atom. The molecule has 7 nitrogen and oxygen atoms in total. The maximum absolute atomic E-state index is 10.8. The number of piperazine rings is 1. The smallest absolute Gasteiger partial charge is 0.269 e. The number of nitrogens with one attached hydrogen (secondary N) is 2. The van der Waals surface area contributed by atoms with E-state index in [0.717, 1.165) is 56.3 Å². The molecule has 150 valence electrons. The lowest BCUT2D eigenvalue weighted by Gasteiger charge is -2.30. The number of rotatable bonds is 7. The Bertz CT molecular complexity index is 815. The molecule has 2 N–H and O–H groups in total. The summed E-state index contributed by atoms with van der Waals surface area (Å²) in [6, 6.07) is 11.1. The zero-order chi connectivity index (χ0) is 20.1. The van der Waals surface area contributed by atoms with E-state index in [1.807, 2.05) is 18.2 Å². The Morgan fingerprint density at radius 3 is 2.00 bits per heavy atom. The number of nitro benzene ring substituents is 1. The molecule has 3 rings (SSSR count). The first-order chi connectivity index (χ1) is 13.5. The van der Waals surface area contributed by atoms with Gasteiger partial charge in [0.1, 0.15) is 39.3 Å². The minimum atomic E-state index is -0.352. The average molecular weight is 387 g/mol. The van der Waals surface area contributed by atoms with Crippen LogP contribution in [0.4, 0.5) is 5.69 Å². The van der Waals surface area contributed by atoms with Crippen LogP contribution in [0.25, 0.3) is 0 Å². The van der Waals surface area contributed by atoms with Gasteiger partial charge in [0.2, 0.25) is 0 Å². The summed E-state index contributed by atoms with van der Waals surface area (Å²) in [4.78, 5) is 13.5. The van der Waals surface area contributed by atoms with Gasteiger partial charge < -0.3 is 19.3 Å². The van der Waals surface area contributed by atoms with Crippen molar-refractivity contribution in [3.8, 4) is 11.5 Å². The molecular weight excluding hydrogens is 358 g/mol. The summed E-state index contributed by atoms with van der Waals surface area (Å²) in [6.07, 6.45) is 0. The van der Waals surface area contributed by atoms with Crippen LogP contribution in [0.2, 0.25) is 0 Å². The summed E-state index contributed by atoms with van der Waals surface area (Å²) in [5, 5.41) is 10.8. The molecule has 0 radical (unpaired) electrons. The summed E-state index contributed by atoms with van der Waals surface area (Å²) < 4.78 is 10.8. The normalized spacial score (nSPS) is 19.2. The maximum Gasteiger partial charge on any atom is 0.269 e. The van der Waals surface area contributed by atoms with Crippen molar-refractivity contribution in [3.63, 3.8) is 0 Å². The van der Waals surface area contributed by atoms with Gasteiger partial charge in [0.05, 0.1) is 19.1 Å². The number of nitro groups is 1. The van der Waals surface area contributed by atoms with Crippen LogP contribution in [0.3, 0.4) is 0 Å². The molecule has 1 saturated heterocycles. The second-order valence-electron chi connectivity index (χ2n) is 7.41. The van der Waals surface area contributed by atoms with Crippen LogP contribution < -0.4 is 19.3 Å². The number of methoxy groups -OCH3 is 2. The molecule has 7 heteroatoms. The quantitative estimate of drug-likeness (QED) is 0.533. The summed E-state index contributed by atoms with van der Waals surface area (Å²) in [6.45, 7) is 8.42. The fraction of sp³-hybridized carbons (Fsp3) is 0.429. The highest BCUT2D eigenvalue weighted by molar-refractivity contribution is 5.46. The van der Waals surface area contributed by atoms with E-state index >= 15 is 0 Å². The molecule has 1 aliphatic heterocycles. The van der Waals surface area contributed by atoms with Gasteiger partial charge in [0, 0.05) is 23.3 Å². The molecule has 0 unspecified atom stereocenters. The number of hydrogen-bond acceptors (Lipinski definition) is 4. The number of ether oxygens (including phenoxy) is 2. The van der Waals surface area contributed by atoms with Gasteiger partial charge in [0.25, 0.3) is 5.69 Å². The first-order valence-electron chi connectivity index (χ1n) is 9.62. The van der Waals surface area contributed by atoms with Crippen LogP contribution in [0.15, 0.2) is 36.4 Å². The van der Waals surface area contributed by atoms with Crippen molar-refractivity contribution in [3.05, 3.63) is 63.2 Å². The Morgan fingerprint density at radius 2 is 1.46 bits per heavy atom. The molecule has 0 saturated carbocycles. The Kier molecular flexibility index (Phi) is 6.49. The minimum absolute atomic E-state index is 0.151. The van der Waals surface area contributed by atoms with Gasteiger partial charge in [-0.05, 0) is 36.8 Å². The largest absolute Gasteiger partial charge is 0.493 e. The fourth-order valence-electron chi connectivity index (χ4n) is 3.82. The minimum Gasteiger partial charge on any atom is -0.493 e. The van der Waals surface area contributed by atoms with Crippen molar-refractivity contribution >= 4 is 5.69 Å². The van der Waals surface area contributed by atoms with E-state index in [0.29, 0.717) is 0 Å². The molecule has 0 bridgehead atoms. The number of nitrogens with zero attached hydrogens (tertiary/aromatic N) is 1. The van der Waals surface area contributed by atoms with Gasteiger partial charge in [-0.1, -0.05) is 0 Å². The van der Waals surface area contributed by atoms with Crippen LogP contribution in [0.5, 0.6) is 11.5 Å². The fourth-order valence-corrected chi connectivity index (χ4v) is 3.82. The molecule has 1 fully saturated rings. The second kappa shape index (κ2) is 9.03. The molecule has 28 heavy (non-hydrogen) atoms. The molecule has 0 aromatic heterocycles. The predicted octanol–water partition coefficient (Wildman–Crippen LogP) is 0.404. The van der Waals surface area contributed by atoms with Crippen molar-refractivity contribution < 1.29 is 24.2 Å². The Labute approximate surface area is 165 Å². The lowest BCUT2D eigenvalue weighted by Crippen LogP contribution is -3.27. The SMILES string of the molecule is COc1cc(C)c(C[NH+]2CC[NH+](Cc3ccc([N+](=O)[O-])cc3)CC2)cc1OC. The number of benzene rings is 2. The number of non-ortho nitro benzene ring substituents is 1. The molecule has 0 spiro atoms. The highest BCUT2D eigenvalue weighted by atomic mass is 16.6. The van der Waals surface area contributed by atoms with Gasteiger partial charge in [-0.25, -0.2) is 0 Å². The van der Waals surface area contributed by atoms with Gasteiger partial charge in [-0.15, -0.1) is 0 Å². The monoisotopic (exact) mass is 387 g/mol. The van der Waals surface area contributed by atoms with E-state index in [2.05, 4.69) is 13.0 Å². The third-order valence-corrected chi connectivity index (χ3v) is 5.55. The predicted molar refractivity (Wildman–Crippen MR) is 106 cm³/mol. The van der Waals surface area contributed by atoms with Crippen molar-refractivity contribution in [2.75, 3.05) is 40.4 Å². The van der Waals surface area contributed by atoms with E-state index in [4.69, 9.17) is 9.47 Å². The Balaban J connectivity index is 1.55. The highest BCUT2D eigenvalue weighted by Gasteiger charge is 2.24. The third kappa shape index (κ3) is 4.79. The average Bonchev–Trinajstić information content (AvgIpc) is 2.71. The van der Waals surface area contributed by atoms with E-state index < -0.39 is 0 Å². The van der Waals surface area contributed by atoms with Crippen LogP contribution in [-0.4, -0.2) is 45.3 Å². The van der Waals surface area contributed by atoms with Crippen LogP contribution in [0, 0.1) is 17.0 Å². The summed E-state index contributed by atoms with van der Waals surface area (Å²) >= 11 is 0. The summed E-state index contributed by atoms with van der Waals surface area (Å²) in [5.41, 5.74) is 3.83. The van der Waals surface area contributed by atoms with Gasteiger partial charge in [-0.2, -0.15) is 0 Å². The van der Waals surface area contributed by atoms with Crippen molar-refractivity contribution in [2.45, 2.75) is 20.0 Å². The lowest BCUT2D eigenvalue weighted by atomic mass is 10.1. The molecule has 0 aliphatic carbocycles. The zero-order valence-corrected chi connectivity index (χ0v) is 16.8. The van der Waals surface area contributed by atoms with Crippen molar-refractivity contribution in [1.82, 2.24) is 0 Å². The first-order valence-corrected chi connectivity index (χ1v) is 9.62. The number of quaternary nitrogens is 2. The first kappa shape index (κ1) is 20.1. The Hall–Kier alpha value is -2.64. The maximum atomic E-state index is 10.8. The van der Waals surface area contributed by atoms with Gasteiger partial charge in [-0.3, -0.25) is 10.1 Å². The highest BCUT2D eigenvalue weighted by Crippen LogP contribution is 2.29. The summed E-state index contributed by atoms with van der Waals surface area (Å²) in [5.74, 6) is 1.56. The van der Waals surface area contributed by atoms with Crippen LogP contribution in [-0.2, 0) is 13.1 Å². The van der Waals surface area contributed by atoms with E-state index in [9.17, 15) is 10.1 Å². The number of hydrogen-bond donors (Lipinski definition) is 2. The molecule has 2 aromatic rings. The second-order valence-corrected chi connectivity index (χ2v) is 7.41. The molecule has 1 heterocycles. The topological polar surface area (TPSA) is 70.5 Å². The summed E-state index contributed by atoms with van der Waals surface area (Å²) in [7, 11) is 3.33. The van der Waals surface area contributed by atoms with Crippen molar-refractivity contribution in [2.24, 2.45) is 0 Å². The molecular formula is C21H29N3O4+2. The zero-order valence-electron chi connectivity index (χ0n) is 16.8. The van der Waals surface area contributed by atoms with Crippen LogP contribution >= 0.6 is 0 Å². The van der Waals surface area contributed by atoms with E-state index in [1.54, 1.807) is 31.3 Å². The van der Waals surface area contributed by atoms with Crippen LogP contribution in [0.1, 0.15) is 16.7 Å². The van der Waals surface area contributed by atoms with Gasteiger partial charge in [0.15, 0.2) is 11.5 Å². The van der Waals surface area contributed by atoms with Crippen molar-refractivity contribution in [1.29, 1.82) is 0 Å². The van der Waals surface area contributed by atoms with E-state index in [-0.39, 0.29) is 10.6 Å². The van der Waals surface area contributed by atoms with E-state index in [1.165, 1.54) is 16.0 Å².